The zero-order chi connectivity index (χ0) is 15.9. The predicted molar refractivity (Wildman–Crippen MR) is 87.0 cm³/mol. The highest BCUT2D eigenvalue weighted by atomic mass is 35.5. The third-order valence-electron chi connectivity index (χ3n) is 3.68. The van der Waals surface area contributed by atoms with Crippen LogP contribution in [0.3, 0.4) is 0 Å². The molecule has 6 heteroatoms. The number of aromatic amines is 1. The van der Waals surface area contributed by atoms with Gasteiger partial charge in [-0.2, -0.15) is 0 Å². The Labute approximate surface area is 132 Å². The van der Waals surface area contributed by atoms with Gasteiger partial charge in [-0.25, -0.2) is 0 Å². The van der Waals surface area contributed by atoms with Crippen LogP contribution < -0.4 is 18.9 Å². The van der Waals surface area contributed by atoms with E-state index in [4.69, 9.17) is 30.5 Å². The van der Waals surface area contributed by atoms with Crippen LogP contribution in [0.2, 0.25) is 5.02 Å². The van der Waals surface area contributed by atoms with Crippen molar-refractivity contribution in [2.75, 3.05) is 28.4 Å². The van der Waals surface area contributed by atoms with E-state index in [0.29, 0.717) is 28.0 Å². The highest BCUT2D eigenvalue weighted by Crippen LogP contribution is 2.47. The van der Waals surface area contributed by atoms with Gasteiger partial charge >= 0.3 is 0 Å². The quantitative estimate of drug-likeness (QED) is 0.789. The van der Waals surface area contributed by atoms with Crippen molar-refractivity contribution in [3.63, 3.8) is 0 Å². The zero-order valence-corrected chi connectivity index (χ0v) is 13.5. The Hall–Kier alpha value is -2.27. The molecule has 0 radical (unpaired) electrons. The molecule has 3 rings (SSSR count). The van der Waals surface area contributed by atoms with Gasteiger partial charge in [0.2, 0.25) is 5.75 Å². The third-order valence-corrected chi connectivity index (χ3v) is 3.98. The molecular formula is C16H16ClNO4. The summed E-state index contributed by atoms with van der Waals surface area (Å²) in [7, 11) is 6.35. The number of aromatic nitrogens is 1. The van der Waals surface area contributed by atoms with E-state index in [2.05, 4.69) is 4.98 Å². The first-order valence-electron chi connectivity index (χ1n) is 6.63. The maximum Gasteiger partial charge on any atom is 0.205 e. The molecule has 0 aliphatic rings. The van der Waals surface area contributed by atoms with Crippen LogP contribution in [-0.4, -0.2) is 33.4 Å². The number of rotatable bonds is 4. The van der Waals surface area contributed by atoms with Crippen LogP contribution in [0.1, 0.15) is 0 Å². The second-order valence-corrected chi connectivity index (χ2v) is 5.10. The summed E-state index contributed by atoms with van der Waals surface area (Å²) in [5.74, 6) is 2.30. The molecule has 1 aromatic heterocycles. The van der Waals surface area contributed by atoms with Gasteiger partial charge in [-0.05, 0) is 12.1 Å². The van der Waals surface area contributed by atoms with Crippen LogP contribution in [0.5, 0.6) is 23.0 Å². The van der Waals surface area contributed by atoms with Gasteiger partial charge in [0.05, 0.1) is 44.5 Å². The van der Waals surface area contributed by atoms with E-state index < -0.39 is 0 Å². The first kappa shape index (κ1) is 14.7. The Kier molecular flexibility index (Phi) is 3.66. The van der Waals surface area contributed by atoms with Crippen LogP contribution in [0.4, 0.5) is 0 Å². The molecule has 0 saturated heterocycles. The van der Waals surface area contributed by atoms with Crippen LogP contribution >= 0.6 is 11.6 Å². The summed E-state index contributed by atoms with van der Waals surface area (Å²) < 4.78 is 21.7. The van der Waals surface area contributed by atoms with E-state index in [1.54, 1.807) is 34.5 Å². The number of hydrogen-bond acceptors (Lipinski definition) is 4. The molecule has 0 atom stereocenters. The molecule has 5 nitrogen and oxygen atoms in total. The van der Waals surface area contributed by atoms with Gasteiger partial charge in [0.1, 0.15) is 0 Å². The van der Waals surface area contributed by atoms with Crippen LogP contribution in [0, 0.1) is 0 Å². The van der Waals surface area contributed by atoms with Crippen LogP contribution in [-0.2, 0) is 0 Å². The van der Waals surface area contributed by atoms with Crippen molar-refractivity contribution < 1.29 is 18.9 Å². The summed E-state index contributed by atoms with van der Waals surface area (Å²) in [5, 5.41) is 2.45. The van der Waals surface area contributed by atoms with Crippen molar-refractivity contribution in [3.05, 3.63) is 23.2 Å². The maximum atomic E-state index is 6.20. The van der Waals surface area contributed by atoms with E-state index in [0.717, 1.165) is 21.8 Å². The van der Waals surface area contributed by atoms with Crippen LogP contribution in [0.25, 0.3) is 21.8 Å². The van der Waals surface area contributed by atoms with E-state index in [9.17, 15) is 0 Å². The van der Waals surface area contributed by atoms with E-state index in [-0.39, 0.29) is 0 Å². The normalized spacial score (nSPS) is 11.0. The average molecular weight is 322 g/mol. The molecule has 0 spiro atoms. The largest absolute Gasteiger partial charge is 0.493 e. The van der Waals surface area contributed by atoms with Gasteiger partial charge < -0.3 is 23.9 Å². The van der Waals surface area contributed by atoms with Gasteiger partial charge in [-0.1, -0.05) is 17.7 Å². The number of H-pyrrole nitrogens is 1. The van der Waals surface area contributed by atoms with Crippen molar-refractivity contribution in [2.45, 2.75) is 0 Å². The third kappa shape index (κ3) is 1.93. The molecule has 0 aliphatic carbocycles. The van der Waals surface area contributed by atoms with E-state index in [1.807, 2.05) is 12.1 Å². The molecule has 116 valence electrons. The molecular weight excluding hydrogens is 306 g/mol. The van der Waals surface area contributed by atoms with Gasteiger partial charge in [-0.15, -0.1) is 0 Å². The Bertz CT molecular complexity index is 857. The van der Waals surface area contributed by atoms with Gasteiger partial charge in [-0.3, -0.25) is 0 Å². The number of methoxy groups -OCH3 is 4. The smallest absolute Gasteiger partial charge is 0.205 e. The highest BCUT2D eigenvalue weighted by molar-refractivity contribution is 6.33. The van der Waals surface area contributed by atoms with Crippen molar-refractivity contribution in [1.82, 2.24) is 4.98 Å². The minimum atomic E-state index is 0.536. The minimum Gasteiger partial charge on any atom is -0.493 e. The summed E-state index contributed by atoms with van der Waals surface area (Å²) in [5.41, 5.74) is 1.61. The fourth-order valence-corrected chi connectivity index (χ4v) is 2.96. The molecule has 1 N–H and O–H groups in total. The molecule has 0 bridgehead atoms. The lowest BCUT2D eigenvalue weighted by molar-refractivity contribution is 0.327. The number of hydrogen-bond donors (Lipinski definition) is 1. The van der Waals surface area contributed by atoms with E-state index in [1.165, 1.54) is 0 Å². The molecule has 3 aromatic rings. The lowest BCUT2D eigenvalue weighted by atomic mass is 10.1. The van der Waals surface area contributed by atoms with Crippen molar-refractivity contribution in [3.8, 4) is 23.0 Å². The van der Waals surface area contributed by atoms with Crippen molar-refractivity contribution in [1.29, 1.82) is 0 Å². The lowest BCUT2D eigenvalue weighted by Crippen LogP contribution is -1.95. The maximum absolute atomic E-state index is 6.20. The summed E-state index contributed by atoms with van der Waals surface area (Å²) >= 11 is 6.20. The number of fused-ring (bicyclic) bond motifs is 3. The first-order chi connectivity index (χ1) is 10.7. The zero-order valence-electron chi connectivity index (χ0n) is 12.7. The second kappa shape index (κ2) is 5.50. The Morgan fingerprint density at radius 1 is 0.773 bits per heavy atom. The highest BCUT2D eigenvalue weighted by Gasteiger charge is 2.21. The molecule has 0 amide bonds. The Morgan fingerprint density at radius 2 is 1.41 bits per heavy atom. The number of benzene rings is 2. The van der Waals surface area contributed by atoms with Gasteiger partial charge in [0.25, 0.3) is 0 Å². The summed E-state index contributed by atoms with van der Waals surface area (Å²) in [4.78, 5) is 3.31. The minimum absolute atomic E-state index is 0.536. The monoisotopic (exact) mass is 321 g/mol. The Morgan fingerprint density at radius 3 is 2.00 bits per heavy atom. The number of ether oxygens (including phenoxy) is 4. The number of halogens is 1. The average Bonchev–Trinajstić information content (AvgIpc) is 2.90. The molecule has 0 saturated carbocycles. The summed E-state index contributed by atoms with van der Waals surface area (Å²) in [6.07, 6.45) is 0. The lowest BCUT2D eigenvalue weighted by Gasteiger charge is -2.12. The summed E-state index contributed by atoms with van der Waals surface area (Å²) in [6, 6.07) is 5.65. The molecule has 0 aliphatic heterocycles. The van der Waals surface area contributed by atoms with Gasteiger partial charge in [0, 0.05) is 10.8 Å². The predicted octanol–water partition coefficient (Wildman–Crippen LogP) is 4.01. The van der Waals surface area contributed by atoms with Crippen LogP contribution in [0.15, 0.2) is 18.2 Å². The summed E-state index contributed by atoms with van der Waals surface area (Å²) in [6.45, 7) is 0. The van der Waals surface area contributed by atoms with Crippen molar-refractivity contribution >= 4 is 33.4 Å². The second-order valence-electron chi connectivity index (χ2n) is 4.70. The molecule has 0 unspecified atom stereocenters. The standard InChI is InChI=1S/C16H16ClNO4/c1-19-11-7-9-8-5-6-10(17)14(20-2)12(8)18-13(9)16(22-4)15(11)21-3/h5-7,18H,1-4H3. The SMILES string of the molecule is COc1cc2c([nH]c3c(OC)c(Cl)ccc32)c(OC)c1OC. The first-order valence-corrected chi connectivity index (χ1v) is 7.00. The Balaban J connectivity index is 2.50. The molecule has 22 heavy (non-hydrogen) atoms. The topological polar surface area (TPSA) is 52.7 Å². The fourth-order valence-electron chi connectivity index (χ4n) is 2.72. The van der Waals surface area contributed by atoms with Gasteiger partial charge in [0.15, 0.2) is 17.2 Å². The van der Waals surface area contributed by atoms with E-state index >= 15 is 0 Å². The number of nitrogens with one attached hydrogen (secondary N) is 1. The molecule has 1 heterocycles. The molecule has 0 fully saturated rings. The van der Waals surface area contributed by atoms with Crippen molar-refractivity contribution in [2.24, 2.45) is 0 Å². The fraction of sp³-hybridized carbons (Fsp3) is 0.250. The molecule has 2 aromatic carbocycles.